The van der Waals surface area contributed by atoms with Crippen LogP contribution in [0.15, 0.2) is 36.7 Å². The van der Waals surface area contributed by atoms with Crippen molar-refractivity contribution in [3.63, 3.8) is 0 Å². The van der Waals surface area contributed by atoms with Gasteiger partial charge in [0.1, 0.15) is 11.4 Å². The van der Waals surface area contributed by atoms with E-state index in [4.69, 9.17) is 9.47 Å². The lowest BCUT2D eigenvalue weighted by Gasteiger charge is -2.40. The number of aromatic amines is 1. The van der Waals surface area contributed by atoms with Crippen LogP contribution in [0.5, 0.6) is 5.75 Å². The summed E-state index contributed by atoms with van der Waals surface area (Å²) in [6.45, 7) is 9.40. The molecule has 4 heterocycles. The first-order valence-electron chi connectivity index (χ1n) is 12.6. The second-order valence-electron chi connectivity index (χ2n) is 9.67. The predicted molar refractivity (Wildman–Crippen MR) is 138 cm³/mol. The third-order valence-corrected chi connectivity index (χ3v) is 7.07. The number of hydrogen-bond acceptors (Lipinski definition) is 6. The number of rotatable bonds is 6. The largest absolute Gasteiger partial charge is 0.496 e. The Kier molecular flexibility index (Phi) is 6.92. The number of methoxy groups -OCH3 is 1. The van der Waals surface area contributed by atoms with Gasteiger partial charge in [-0.05, 0) is 51.0 Å². The summed E-state index contributed by atoms with van der Waals surface area (Å²) in [6.07, 6.45) is 5.77. The van der Waals surface area contributed by atoms with E-state index in [0.717, 1.165) is 80.1 Å². The van der Waals surface area contributed by atoms with Crippen molar-refractivity contribution in [3.8, 4) is 16.9 Å². The fourth-order valence-electron chi connectivity index (χ4n) is 5.26. The van der Waals surface area contributed by atoms with Gasteiger partial charge in [-0.25, -0.2) is 4.98 Å². The van der Waals surface area contributed by atoms with Gasteiger partial charge >= 0.3 is 0 Å². The van der Waals surface area contributed by atoms with Crippen molar-refractivity contribution in [1.29, 1.82) is 0 Å². The first kappa shape index (κ1) is 23.6. The summed E-state index contributed by atoms with van der Waals surface area (Å²) in [6, 6.07) is 8.58. The molecule has 8 nitrogen and oxygen atoms in total. The highest BCUT2D eigenvalue weighted by Crippen LogP contribution is 2.39. The minimum Gasteiger partial charge on any atom is -0.496 e. The zero-order valence-electron chi connectivity index (χ0n) is 20.8. The topological polar surface area (TPSA) is 82.7 Å². The number of likely N-dealkylation sites (tertiary alicyclic amines) is 1. The van der Waals surface area contributed by atoms with E-state index in [9.17, 15) is 4.79 Å². The maximum atomic E-state index is 13.4. The minimum absolute atomic E-state index is 0.0648. The van der Waals surface area contributed by atoms with Crippen LogP contribution in [0.1, 0.15) is 37.0 Å². The van der Waals surface area contributed by atoms with Crippen LogP contribution in [0.4, 0.5) is 5.69 Å². The van der Waals surface area contributed by atoms with Crippen molar-refractivity contribution >= 4 is 22.6 Å². The first-order chi connectivity index (χ1) is 17.0. The second-order valence-corrected chi connectivity index (χ2v) is 9.67. The van der Waals surface area contributed by atoms with Gasteiger partial charge < -0.3 is 24.7 Å². The summed E-state index contributed by atoms with van der Waals surface area (Å²) in [4.78, 5) is 25.6. The number of carbonyl (C=O) groups is 1. The van der Waals surface area contributed by atoms with Gasteiger partial charge in [0.2, 0.25) is 0 Å². The summed E-state index contributed by atoms with van der Waals surface area (Å²) in [5, 5.41) is 4.60. The van der Waals surface area contributed by atoms with E-state index in [1.807, 2.05) is 41.6 Å². The Labute approximate surface area is 206 Å². The lowest BCUT2D eigenvalue weighted by Crippen LogP contribution is -2.50. The second kappa shape index (κ2) is 10.3. The molecule has 2 aromatic heterocycles. The van der Waals surface area contributed by atoms with Gasteiger partial charge in [0.25, 0.3) is 5.91 Å². The van der Waals surface area contributed by atoms with Crippen molar-refractivity contribution in [1.82, 2.24) is 19.8 Å². The van der Waals surface area contributed by atoms with Gasteiger partial charge in [-0.2, -0.15) is 0 Å². The fourth-order valence-corrected chi connectivity index (χ4v) is 5.26. The third-order valence-electron chi connectivity index (χ3n) is 7.07. The summed E-state index contributed by atoms with van der Waals surface area (Å²) < 4.78 is 11.3. The van der Waals surface area contributed by atoms with Crippen LogP contribution in [0.3, 0.4) is 0 Å². The summed E-state index contributed by atoms with van der Waals surface area (Å²) in [5.41, 5.74) is 4.36. The van der Waals surface area contributed by atoms with Crippen molar-refractivity contribution in [2.75, 3.05) is 51.8 Å². The quantitative estimate of drug-likeness (QED) is 0.559. The van der Waals surface area contributed by atoms with Gasteiger partial charge in [0.05, 0.1) is 26.0 Å². The Morgan fingerprint density at radius 2 is 1.91 bits per heavy atom. The highest BCUT2D eigenvalue weighted by Gasteiger charge is 2.28. The summed E-state index contributed by atoms with van der Waals surface area (Å²) in [5.74, 6) is 0.734. The summed E-state index contributed by atoms with van der Waals surface area (Å²) in [7, 11) is 1.65. The van der Waals surface area contributed by atoms with Gasteiger partial charge in [-0.15, -0.1) is 0 Å². The van der Waals surface area contributed by atoms with E-state index >= 15 is 0 Å². The smallest absolute Gasteiger partial charge is 0.253 e. The lowest BCUT2D eigenvalue weighted by atomic mass is 9.99. The molecule has 35 heavy (non-hydrogen) atoms. The third kappa shape index (κ3) is 4.86. The molecule has 0 aliphatic carbocycles. The van der Waals surface area contributed by atoms with E-state index in [1.165, 1.54) is 0 Å². The molecule has 3 aromatic rings. The molecule has 2 saturated heterocycles. The number of morpholine rings is 1. The summed E-state index contributed by atoms with van der Waals surface area (Å²) >= 11 is 0. The molecule has 2 aliphatic rings. The predicted octanol–water partition coefficient (Wildman–Crippen LogP) is 4.00. The van der Waals surface area contributed by atoms with E-state index in [1.54, 1.807) is 7.11 Å². The Morgan fingerprint density at radius 3 is 2.63 bits per heavy atom. The Morgan fingerprint density at radius 1 is 1.14 bits per heavy atom. The van der Waals surface area contributed by atoms with Crippen LogP contribution < -0.4 is 10.1 Å². The zero-order chi connectivity index (χ0) is 24.4. The number of H-pyrrole nitrogens is 1. The van der Waals surface area contributed by atoms with Crippen molar-refractivity contribution in [3.05, 3.63) is 42.2 Å². The Bertz CT molecular complexity index is 1180. The maximum absolute atomic E-state index is 13.4. The SMILES string of the molecule is COc1cc(C(=O)N2CCC(N3CCOCC3)CC2)ccc1-c1cnc2[nH]ccc2c1NC(C)C. The van der Waals surface area contributed by atoms with Gasteiger partial charge in [0, 0.05) is 72.7 Å². The molecule has 0 spiro atoms. The zero-order valence-corrected chi connectivity index (χ0v) is 20.8. The van der Waals surface area contributed by atoms with Crippen molar-refractivity contribution in [2.45, 2.75) is 38.8 Å². The van der Waals surface area contributed by atoms with E-state index < -0.39 is 0 Å². The standard InChI is InChI=1S/C27H35N5O3/c1-18(2)30-25-22-6-9-28-26(22)29-17-23(25)21-5-4-19(16-24(21)34-3)27(33)32-10-7-20(8-11-32)31-12-14-35-15-13-31/h4-6,9,16-18,20H,7-8,10-15H2,1-3H3,(H2,28,29,30). The van der Waals surface area contributed by atoms with Crippen molar-refractivity contribution < 1.29 is 14.3 Å². The molecule has 186 valence electrons. The molecular weight excluding hydrogens is 442 g/mol. The molecule has 2 aliphatic heterocycles. The number of pyridine rings is 1. The molecule has 0 bridgehead atoms. The fraction of sp³-hybridized carbons (Fsp3) is 0.481. The number of benzene rings is 1. The average Bonchev–Trinajstić information content (AvgIpc) is 3.38. The molecule has 1 amide bonds. The molecule has 5 rings (SSSR count). The van der Waals surface area contributed by atoms with Crippen LogP contribution in [-0.2, 0) is 4.74 Å². The lowest BCUT2D eigenvalue weighted by molar-refractivity contribution is 0.00159. The maximum Gasteiger partial charge on any atom is 0.253 e. The molecular formula is C27H35N5O3. The minimum atomic E-state index is 0.0648. The van der Waals surface area contributed by atoms with Gasteiger partial charge in [0.15, 0.2) is 0 Å². The van der Waals surface area contributed by atoms with Gasteiger partial charge in [-0.1, -0.05) is 0 Å². The first-order valence-corrected chi connectivity index (χ1v) is 12.6. The van der Waals surface area contributed by atoms with E-state index in [2.05, 4.69) is 34.0 Å². The molecule has 1 aromatic carbocycles. The number of hydrogen-bond donors (Lipinski definition) is 2. The number of nitrogens with one attached hydrogen (secondary N) is 2. The van der Waals surface area contributed by atoms with Crippen LogP contribution >= 0.6 is 0 Å². The number of piperidine rings is 1. The molecule has 0 radical (unpaired) electrons. The van der Waals surface area contributed by atoms with E-state index in [-0.39, 0.29) is 11.9 Å². The molecule has 8 heteroatoms. The molecule has 0 unspecified atom stereocenters. The number of nitrogens with zero attached hydrogens (tertiary/aromatic N) is 3. The highest BCUT2D eigenvalue weighted by atomic mass is 16.5. The molecule has 2 fully saturated rings. The highest BCUT2D eigenvalue weighted by molar-refractivity contribution is 6.00. The molecule has 2 N–H and O–H groups in total. The van der Waals surface area contributed by atoms with Gasteiger partial charge in [-0.3, -0.25) is 9.69 Å². The average molecular weight is 478 g/mol. The molecule has 0 saturated carbocycles. The van der Waals surface area contributed by atoms with Crippen LogP contribution in [-0.4, -0.2) is 84.3 Å². The number of aromatic nitrogens is 2. The number of anilines is 1. The molecule has 0 atom stereocenters. The van der Waals surface area contributed by atoms with E-state index in [0.29, 0.717) is 17.4 Å². The monoisotopic (exact) mass is 477 g/mol. The number of ether oxygens (including phenoxy) is 2. The number of fused-ring (bicyclic) bond motifs is 1. The Hall–Kier alpha value is -3.10. The normalized spacial score (nSPS) is 17.8. The number of amides is 1. The van der Waals surface area contributed by atoms with Crippen LogP contribution in [0.25, 0.3) is 22.2 Å². The number of carbonyl (C=O) groups excluding carboxylic acids is 1. The van der Waals surface area contributed by atoms with Crippen LogP contribution in [0, 0.1) is 0 Å². The van der Waals surface area contributed by atoms with Crippen molar-refractivity contribution in [2.24, 2.45) is 0 Å². The van der Waals surface area contributed by atoms with Crippen LogP contribution in [0.2, 0.25) is 0 Å². The Balaban J connectivity index is 1.37.